The van der Waals surface area contributed by atoms with E-state index in [2.05, 4.69) is 40.4 Å². The van der Waals surface area contributed by atoms with Crippen molar-refractivity contribution in [1.29, 1.82) is 5.26 Å². The van der Waals surface area contributed by atoms with E-state index < -0.39 is 0 Å². The van der Waals surface area contributed by atoms with E-state index >= 15 is 0 Å². The summed E-state index contributed by atoms with van der Waals surface area (Å²) in [5, 5.41) is 20.7. The van der Waals surface area contributed by atoms with Gasteiger partial charge in [0.25, 0.3) is 0 Å². The second-order valence-corrected chi connectivity index (χ2v) is 7.59. The maximum atomic E-state index is 12.1. The van der Waals surface area contributed by atoms with Crippen LogP contribution in [0, 0.1) is 11.3 Å². The fourth-order valence-electron chi connectivity index (χ4n) is 2.88. The van der Waals surface area contributed by atoms with Gasteiger partial charge in [-0.05, 0) is 29.7 Å². The summed E-state index contributed by atoms with van der Waals surface area (Å²) in [5.41, 5.74) is 3.00. The summed E-state index contributed by atoms with van der Waals surface area (Å²) >= 11 is 1.32. The second kappa shape index (κ2) is 9.85. The number of nitriles is 1. The minimum atomic E-state index is -0.139. The Morgan fingerprint density at radius 1 is 1.24 bits per heavy atom. The molecule has 1 aromatic carbocycles. The van der Waals surface area contributed by atoms with E-state index in [0.717, 1.165) is 16.8 Å². The highest BCUT2D eigenvalue weighted by Crippen LogP contribution is 2.31. The number of nitrogens with one attached hydrogen (secondary N) is 1. The number of para-hydroxylation sites is 1. The number of rotatable bonds is 8. The highest BCUT2D eigenvalue weighted by molar-refractivity contribution is 7.99. The third kappa shape index (κ3) is 5.00. The molecule has 1 amide bonds. The van der Waals surface area contributed by atoms with Gasteiger partial charge in [-0.15, -0.1) is 10.2 Å². The molecule has 2 heterocycles. The number of benzene rings is 1. The van der Waals surface area contributed by atoms with Crippen LogP contribution in [0.3, 0.4) is 0 Å². The van der Waals surface area contributed by atoms with Gasteiger partial charge >= 0.3 is 0 Å². The van der Waals surface area contributed by atoms with E-state index in [9.17, 15) is 4.79 Å². The molecule has 0 aliphatic rings. The molecule has 3 aromatic rings. The maximum absolute atomic E-state index is 12.1. The van der Waals surface area contributed by atoms with Gasteiger partial charge in [0.1, 0.15) is 0 Å². The molecule has 0 fully saturated rings. The quantitative estimate of drug-likeness (QED) is 0.454. The van der Waals surface area contributed by atoms with Crippen molar-refractivity contribution < 1.29 is 4.79 Å². The predicted octanol–water partition coefficient (Wildman–Crippen LogP) is 3.57. The molecule has 0 radical (unpaired) electrons. The molecule has 0 bridgehead atoms. The number of thioether (sulfide) groups is 1. The number of hydrogen-bond acceptors (Lipinski definition) is 6. The van der Waals surface area contributed by atoms with Gasteiger partial charge in [0.15, 0.2) is 11.0 Å². The van der Waals surface area contributed by atoms with Crippen LogP contribution >= 0.6 is 11.8 Å². The molecule has 0 atom stereocenters. The maximum Gasteiger partial charge on any atom is 0.230 e. The Morgan fingerprint density at radius 3 is 2.79 bits per heavy atom. The normalized spacial score (nSPS) is 10.7. The van der Waals surface area contributed by atoms with Crippen LogP contribution in [0.1, 0.15) is 31.7 Å². The van der Waals surface area contributed by atoms with Crippen LogP contribution in [0.15, 0.2) is 53.9 Å². The lowest BCUT2D eigenvalue weighted by atomic mass is 10.0. The molecular weight excluding hydrogens is 384 g/mol. The number of nitrogens with zero attached hydrogens (tertiary/aromatic N) is 5. The summed E-state index contributed by atoms with van der Waals surface area (Å²) in [4.78, 5) is 16.3. The zero-order chi connectivity index (χ0) is 20.6. The minimum Gasteiger partial charge on any atom is -0.354 e. The van der Waals surface area contributed by atoms with Crippen LogP contribution in [0.5, 0.6) is 0 Å². The van der Waals surface area contributed by atoms with Crippen LogP contribution in [-0.2, 0) is 4.79 Å². The Kier molecular flexibility index (Phi) is 6.98. The smallest absolute Gasteiger partial charge is 0.230 e. The number of aromatic nitrogens is 4. The van der Waals surface area contributed by atoms with E-state index in [0.29, 0.717) is 29.9 Å². The van der Waals surface area contributed by atoms with Crippen molar-refractivity contribution in [2.24, 2.45) is 0 Å². The highest BCUT2D eigenvalue weighted by Gasteiger charge is 2.20. The van der Waals surface area contributed by atoms with Gasteiger partial charge in [-0.1, -0.05) is 43.8 Å². The van der Waals surface area contributed by atoms with Crippen molar-refractivity contribution >= 4 is 17.7 Å². The predicted molar refractivity (Wildman–Crippen MR) is 113 cm³/mol. The SMILES string of the molecule is CC(C)c1ccccc1-n1c(SCC(=O)NCCC#N)nnc1-c1cccnc1. The van der Waals surface area contributed by atoms with E-state index in [1.54, 1.807) is 12.4 Å². The fourth-order valence-corrected chi connectivity index (χ4v) is 3.66. The van der Waals surface area contributed by atoms with Crippen molar-refractivity contribution in [2.45, 2.75) is 31.3 Å². The molecule has 29 heavy (non-hydrogen) atoms. The lowest BCUT2D eigenvalue weighted by Gasteiger charge is -2.16. The third-order valence-corrected chi connectivity index (χ3v) is 5.17. The lowest BCUT2D eigenvalue weighted by molar-refractivity contribution is -0.118. The number of pyridine rings is 1. The zero-order valence-corrected chi connectivity index (χ0v) is 17.2. The molecule has 3 rings (SSSR count). The first-order chi connectivity index (χ1) is 14.1. The van der Waals surface area contributed by atoms with Crippen molar-refractivity contribution in [2.75, 3.05) is 12.3 Å². The molecule has 8 heteroatoms. The van der Waals surface area contributed by atoms with Gasteiger partial charge in [0.05, 0.1) is 23.9 Å². The van der Waals surface area contributed by atoms with Crippen molar-refractivity contribution in [3.8, 4) is 23.1 Å². The van der Waals surface area contributed by atoms with Crippen LogP contribution < -0.4 is 5.32 Å². The standard InChI is InChI=1S/C21H22N6OS/c1-15(2)17-8-3-4-9-18(17)27-20(16-7-5-11-23-13-16)25-26-21(27)29-14-19(28)24-12-6-10-22/h3-5,7-9,11,13,15H,6,12,14H2,1-2H3,(H,24,28). The van der Waals surface area contributed by atoms with Gasteiger partial charge in [-0.2, -0.15) is 5.26 Å². The molecule has 148 valence electrons. The number of carbonyl (C=O) groups excluding carboxylic acids is 1. The zero-order valence-electron chi connectivity index (χ0n) is 16.4. The summed E-state index contributed by atoms with van der Waals surface area (Å²) < 4.78 is 1.99. The average Bonchev–Trinajstić information content (AvgIpc) is 3.17. The Morgan fingerprint density at radius 2 is 2.07 bits per heavy atom. The summed E-state index contributed by atoms with van der Waals surface area (Å²) in [6, 6.07) is 13.9. The van der Waals surface area contributed by atoms with Crippen molar-refractivity contribution in [3.05, 3.63) is 54.4 Å². The van der Waals surface area contributed by atoms with Crippen molar-refractivity contribution in [3.63, 3.8) is 0 Å². The number of amides is 1. The summed E-state index contributed by atoms with van der Waals surface area (Å²) in [7, 11) is 0. The molecule has 1 N–H and O–H groups in total. The van der Waals surface area contributed by atoms with E-state index in [4.69, 9.17) is 5.26 Å². The van der Waals surface area contributed by atoms with Crippen LogP contribution in [-0.4, -0.2) is 38.0 Å². The second-order valence-electron chi connectivity index (χ2n) is 6.64. The molecule has 0 aliphatic carbocycles. The molecule has 0 spiro atoms. The molecule has 2 aromatic heterocycles. The molecule has 7 nitrogen and oxygen atoms in total. The van der Waals surface area contributed by atoms with Crippen LogP contribution in [0.2, 0.25) is 0 Å². The summed E-state index contributed by atoms with van der Waals surface area (Å²) in [5.74, 6) is 1.04. The first kappa shape index (κ1) is 20.6. The average molecular weight is 407 g/mol. The van der Waals surface area contributed by atoms with Crippen LogP contribution in [0.25, 0.3) is 17.1 Å². The van der Waals surface area contributed by atoms with E-state index in [1.807, 2.05) is 41.0 Å². The fraction of sp³-hybridized carbons (Fsp3) is 0.286. The third-order valence-electron chi connectivity index (χ3n) is 4.24. The topological polar surface area (TPSA) is 96.5 Å². The molecular formula is C21H22N6OS. The molecule has 0 aliphatic heterocycles. The summed E-state index contributed by atoms with van der Waals surface area (Å²) in [6.45, 7) is 4.63. The Bertz CT molecular complexity index is 1010. The Labute approximate surface area is 174 Å². The van der Waals surface area contributed by atoms with E-state index in [1.165, 1.54) is 11.8 Å². The highest BCUT2D eigenvalue weighted by atomic mass is 32.2. The summed E-state index contributed by atoms with van der Waals surface area (Å²) in [6.07, 6.45) is 3.76. The largest absolute Gasteiger partial charge is 0.354 e. The van der Waals surface area contributed by atoms with Gasteiger partial charge in [0.2, 0.25) is 5.91 Å². The van der Waals surface area contributed by atoms with Gasteiger partial charge in [0, 0.05) is 24.5 Å². The minimum absolute atomic E-state index is 0.139. The van der Waals surface area contributed by atoms with Gasteiger partial charge < -0.3 is 5.32 Å². The Balaban J connectivity index is 1.97. The molecule has 0 saturated heterocycles. The first-order valence-corrected chi connectivity index (χ1v) is 10.3. The van der Waals surface area contributed by atoms with Gasteiger partial charge in [-0.3, -0.25) is 14.3 Å². The van der Waals surface area contributed by atoms with Gasteiger partial charge in [-0.25, -0.2) is 0 Å². The monoisotopic (exact) mass is 406 g/mol. The Hall–Kier alpha value is -3.18. The molecule has 0 unspecified atom stereocenters. The molecule has 0 saturated carbocycles. The number of carbonyl (C=O) groups is 1. The number of hydrogen-bond donors (Lipinski definition) is 1. The van der Waals surface area contributed by atoms with E-state index in [-0.39, 0.29) is 11.7 Å². The first-order valence-electron chi connectivity index (χ1n) is 9.33. The van der Waals surface area contributed by atoms with Crippen LogP contribution in [0.4, 0.5) is 0 Å². The lowest BCUT2D eigenvalue weighted by Crippen LogP contribution is -2.26. The van der Waals surface area contributed by atoms with Crippen molar-refractivity contribution in [1.82, 2.24) is 25.1 Å².